The average Bonchev–Trinajstić information content (AvgIpc) is 2.84. The maximum absolute atomic E-state index is 10.7. The van der Waals surface area contributed by atoms with E-state index in [4.69, 9.17) is 5.11 Å². The first-order chi connectivity index (χ1) is 7.59. The SMILES string of the molecule is CC1(NCc2ccc(C(=O)O)s2)CCCC1. The summed E-state index contributed by atoms with van der Waals surface area (Å²) in [6.45, 7) is 3.04. The van der Waals surface area contributed by atoms with Gasteiger partial charge >= 0.3 is 5.97 Å². The Kier molecular flexibility index (Phi) is 3.30. The van der Waals surface area contributed by atoms with E-state index in [1.165, 1.54) is 37.0 Å². The zero-order chi connectivity index (χ0) is 11.6. The van der Waals surface area contributed by atoms with Crippen LogP contribution in [0.25, 0.3) is 0 Å². The summed E-state index contributed by atoms with van der Waals surface area (Å²) >= 11 is 1.36. The molecule has 0 saturated heterocycles. The Labute approximate surface area is 99.5 Å². The summed E-state index contributed by atoms with van der Waals surface area (Å²) in [7, 11) is 0. The van der Waals surface area contributed by atoms with Gasteiger partial charge in [0.25, 0.3) is 0 Å². The molecule has 0 aliphatic heterocycles. The number of carboxylic acids is 1. The molecule has 4 heteroatoms. The van der Waals surface area contributed by atoms with Crippen LogP contribution in [0.4, 0.5) is 0 Å². The van der Waals surface area contributed by atoms with Gasteiger partial charge < -0.3 is 10.4 Å². The molecule has 1 aliphatic rings. The third kappa shape index (κ3) is 2.62. The van der Waals surface area contributed by atoms with Crippen molar-refractivity contribution in [3.63, 3.8) is 0 Å². The average molecular weight is 239 g/mol. The van der Waals surface area contributed by atoms with Crippen molar-refractivity contribution < 1.29 is 9.90 Å². The molecule has 0 bridgehead atoms. The molecule has 16 heavy (non-hydrogen) atoms. The Morgan fingerprint density at radius 2 is 2.19 bits per heavy atom. The van der Waals surface area contributed by atoms with E-state index in [1.807, 2.05) is 6.07 Å². The van der Waals surface area contributed by atoms with E-state index in [9.17, 15) is 4.79 Å². The van der Waals surface area contributed by atoms with Crippen LogP contribution in [0.2, 0.25) is 0 Å². The number of aromatic carboxylic acids is 1. The predicted molar refractivity (Wildman–Crippen MR) is 65.0 cm³/mol. The van der Waals surface area contributed by atoms with Gasteiger partial charge in [-0.05, 0) is 31.9 Å². The lowest BCUT2D eigenvalue weighted by molar-refractivity contribution is 0.0702. The van der Waals surface area contributed by atoms with Gasteiger partial charge in [-0.1, -0.05) is 12.8 Å². The molecule has 1 saturated carbocycles. The first kappa shape index (κ1) is 11.6. The van der Waals surface area contributed by atoms with Gasteiger partial charge in [-0.2, -0.15) is 0 Å². The number of carboxylic acid groups (broad SMARTS) is 1. The molecule has 0 radical (unpaired) electrons. The maximum Gasteiger partial charge on any atom is 0.345 e. The van der Waals surface area contributed by atoms with Crippen molar-refractivity contribution in [2.24, 2.45) is 0 Å². The lowest BCUT2D eigenvalue weighted by Crippen LogP contribution is -2.38. The topological polar surface area (TPSA) is 49.3 Å². The van der Waals surface area contributed by atoms with Crippen molar-refractivity contribution in [3.05, 3.63) is 21.9 Å². The Morgan fingerprint density at radius 1 is 1.50 bits per heavy atom. The van der Waals surface area contributed by atoms with Crippen LogP contribution in [0, 0.1) is 0 Å². The summed E-state index contributed by atoms with van der Waals surface area (Å²) in [4.78, 5) is 12.3. The second-order valence-electron chi connectivity index (χ2n) is 4.69. The van der Waals surface area contributed by atoms with E-state index in [-0.39, 0.29) is 5.54 Å². The Bertz CT molecular complexity index is 380. The van der Waals surface area contributed by atoms with Gasteiger partial charge in [0.05, 0.1) is 0 Å². The highest BCUT2D eigenvalue weighted by Crippen LogP contribution is 2.29. The monoisotopic (exact) mass is 239 g/mol. The minimum Gasteiger partial charge on any atom is -0.477 e. The quantitative estimate of drug-likeness (QED) is 0.849. The molecule has 1 fully saturated rings. The second-order valence-corrected chi connectivity index (χ2v) is 5.86. The van der Waals surface area contributed by atoms with E-state index in [1.54, 1.807) is 6.07 Å². The molecule has 2 rings (SSSR count). The molecule has 0 spiro atoms. The van der Waals surface area contributed by atoms with Crippen LogP contribution in [0.15, 0.2) is 12.1 Å². The second kappa shape index (κ2) is 4.55. The van der Waals surface area contributed by atoms with Gasteiger partial charge in [0.2, 0.25) is 0 Å². The summed E-state index contributed by atoms with van der Waals surface area (Å²) in [5.74, 6) is -0.830. The fraction of sp³-hybridized carbons (Fsp3) is 0.583. The standard InChI is InChI=1S/C12H17NO2S/c1-12(6-2-3-7-12)13-8-9-4-5-10(16-9)11(14)15/h4-5,13H,2-3,6-8H2,1H3,(H,14,15). The molecule has 0 aromatic carbocycles. The first-order valence-corrected chi connectivity index (χ1v) is 6.48. The summed E-state index contributed by atoms with van der Waals surface area (Å²) in [6, 6.07) is 3.58. The normalized spacial score (nSPS) is 18.8. The highest BCUT2D eigenvalue weighted by atomic mass is 32.1. The molecule has 0 amide bonds. The number of nitrogens with one attached hydrogen (secondary N) is 1. The van der Waals surface area contributed by atoms with Gasteiger partial charge in [-0.3, -0.25) is 0 Å². The van der Waals surface area contributed by atoms with Crippen LogP contribution < -0.4 is 5.32 Å². The molecular formula is C12H17NO2S. The van der Waals surface area contributed by atoms with E-state index < -0.39 is 5.97 Å². The lowest BCUT2D eigenvalue weighted by atomic mass is 10.0. The third-order valence-corrected chi connectivity index (χ3v) is 4.34. The van der Waals surface area contributed by atoms with E-state index in [0.717, 1.165) is 11.4 Å². The maximum atomic E-state index is 10.7. The molecular weight excluding hydrogens is 222 g/mol. The third-order valence-electron chi connectivity index (χ3n) is 3.27. The molecule has 3 nitrogen and oxygen atoms in total. The van der Waals surface area contributed by atoms with Crippen LogP contribution >= 0.6 is 11.3 Å². The van der Waals surface area contributed by atoms with Crippen molar-refractivity contribution in [2.75, 3.05) is 0 Å². The number of hydrogen-bond acceptors (Lipinski definition) is 3. The van der Waals surface area contributed by atoms with Crippen molar-refractivity contribution >= 4 is 17.3 Å². The predicted octanol–water partition coefficient (Wildman–Crippen LogP) is 2.87. The summed E-state index contributed by atoms with van der Waals surface area (Å²) in [5.41, 5.74) is 0.257. The first-order valence-electron chi connectivity index (χ1n) is 5.66. The van der Waals surface area contributed by atoms with Crippen LogP contribution in [0.1, 0.15) is 47.2 Å². The Balaban J connectivity index is 1.91. The van der Waals surface area contributed by atoms with Crippen LogP contribution in [-0.2, 0) is 6.54 Å². The Morgan fingerprint density at radius 3 is 2.75 bits per heavy atom. The van der Waals surface area contributed by atoms with Gasteiger partial charge in [0, 0.05) is 17.0 Å². The fourth-order valence-electron chi connectivity index (χ4n) is 2.22. The van der Waals surface area contributed by atoms with Crippen LogP contribution in [0.3, 0.4) is 0 Å². The number of hydrogen-bond donors (Lipinski definition) is 2. The van der Waals surface area contributed by atoms with E-state index in [0.29, 0.717) is 4.88 Å². The zero-order valence-corrected chi connectivity index (χ0v) is 10.3. The highest BCUT2D eigenvalue weighted by Gasteiger charge is 2.27. The molecule has 88 valence electrons. The fourth-order valence-corrected chi connectivity index (χ4v) is 3.01. The van der Waals surface area contributed by atoms with E-state index in [2.05, 4.69) is 12.2 Å². The zero-order valence-electron chi connectivity index (χ0n) is 9.45. The van der Waals surface area contributed by atoms with Gasteiger partial charge in [0.15, 0.2) is 0 Å². The van der Waals surface area contributed by atoms with Crippen LogP contribution in [0.5, 0.6) is 0 Å². The molecule has 1 heterocycles. The minimum atomic E-state index is -0.830. The van der Waals surface area contributed by atoms with Gasteiger partial charge in [0.1, 0.15) is 4.88 Å². The van der Waals surface area contributed by atoms with Gasteiger partial charge in [-0.15, -0.1) is 11.3 Å². The summed E-state index contributed by atoms with van der Waals surface area (Å²) in [6.07, 6.45) is 5.05. The summed E-state index contributed by atoms with van der Waals surface area (Å²) < 4.78 is 0. The minimum absolute atomic E-state index is 0.257. The van der Waals surface area contributed by atoms with Crippen molar-refractivity contribution in [1.82, 2.24) is 5.32 Å². The van der Waals surface area contributed by atoms with Crippen LogP contribution in [-0.4, -0.2) is 16.6 Å². The molecule has 1 aromatic heterocycles. The smallest absolute Gasteiger partial charge is 0.345 e. The van der Waals surface area contributed by atoms with Crippen molar-refractivity contribution in [3.8, 4) is 0 Å². The molecule has 1 aromatic rings. The number of rotatable bonds is 4. The van der Waals surface area contributed by atoms with Crippen molar-refractivity contribution in [2.45, 2.75) is 44.7 Å². The van der Waals surface area contributed by atoms with Crippen molar-refractivity contribution in [1.29, 1.82) is 0 Å². The molecule has 0 unspecified atom stereocenters. The molecule has 0 atom stereocenters. The molecule has 1 aliphatic carbocycles. The highest BCUT2D eigenvalue weighted by molar-refractivity contribution is 7.13. The summed E-state index contributed by atoms with van der Waals surface area (Å²) in [5, 5.41) is 12.4. The van der Waals surface area contributed by atoms with E-state index >= 15 is 0 Å². The lowest BCUT2D eigenvalue weighted by Gasteiger charge is -2.24. The number of carbonyl (C=O) groups is 1. The number of thiophene rings is 1. The molecule has 2 N–H and O–H groups in total. The largest absolute Gasteiger partial charge is 0.477 e. The Hall–Kier alpha value is -0.870. The van der Waals surface area contributed by atoms with Gasteiger partial charge in [-0.25, -0.2) is 4.79 Å².